The minimum atomic E-state index is -0.901. The molecule has 0 saturated carbocycles. The number of methoxy groups -OCH3 is 2. The van der Waals surface area contributed by atoms with Crippen LogP contribution in [-0.2, 0) is 20.7 Å². The summed E-state index contributed by atoms with van der Waals surface area (Å²) in [5.41, 5.74) is 6.05. The Morgan fingerprint density at radius 3 is 2.50 bits per heavy atom. The van der Waals surface area contributed by atoms with Gasteiger partial charge >= 0.3 is 11.9 Å². The molecule has 0 aliphatic carbocycles. The molecule has 0 spiro atoms. The number of carbonyl (C=O) groups excluding carboxylic acids is 2. The Bertz CT molecular complexity index is 461. The third-order valence-corrected chi connectivity index (χ3v) is 2.34. The van der Waals surface area contributed by atoms with Crippen molar-refractivity contribution in [1.29, 1.82) is 0 Å². The first-order valence-electron chi connectivity index (χ1n) is 5.19. The highest BCUT2D eigenvalue weighted by molar-refractivity contribution is 5.89. The van der Waals surface area contributed by atoms with Gasteiger partial charge in [0.15, 0.2) is 0 Å². The van der Waals surface area contributed by atoms with Gasteiger partial charge in [0.25, 0.3) is 0 Å². The minimum absolute atomic E-state index is 0.0737. The van der Waals surface area contributed by atoms with E-state index >= 15 is 0 Å². The van der Waals surface area contributed by atoms with Crippen molar-refractivity contribution in [3.05, 3.63) is 35.1 Å². The Hall–Kier alpha value is -1.95. The summed E-state index contributed by atoms with van der Waals surface area (Å²) in [4.78, 5) is 22.4. The molecule has 1 aromatic rings. The highest BCUT2D eigenvalue weighted by Crippen LogP contribution is 2.12. The van der Waals surface area contributed by atoms with Crippen molar-refractivity contribution in [1.82, 2.24) is 0 Å². The van der Waals surface area contributed by atoms with Gasteiger partial charge in [-0.1, -0.05) is 0 Å². The molecule has 0 amide bonds. The van der Waals surface area contributed by atoms with Gasteiger partial charge in [-0.15, -0.1) is 0 Å². The Labute approximate surface area is 104 Å². The predicted molar refractivity (Wildman–Crippen MR) is 61.4 cm³/mol. The van der Waals surface area contributed by atoms with E-state index < -0.39 is 23.8 Å². The average Bonchev–Trinajstić information content (AvgIpc) is 2.35. The molecule has 0 saturated heterocycles. The zero-order valence-electron chi connectivity index (χ0n) is 10.1. The van der Waals surface area contributed by atoms with Gasteiger partial charge in [0.2, 0.25) is 0 Å². The second-order valence-corrected chi connectivity index (χ2v) is 3.67. The van der Waals surface area contributed by atoms with Crippen molar-refractivity contribution in [2.75, 3.05) is 14.2 Å². The quantitative estimate of drug-likeness (QED) is 0.799. The summed E-state index contributed by atoms with van der Waals surface area (Å²) in [6.45, 7) is 0. The molecule has 0 unspecified atom stereocenters. The molecule has 0 aromatic heterocycles. The number of esters is 2. The summed E-state index contributed by atoms with van der Waals surface area (Å²) in [6.07, 6.45) is 0.0778. The van der Waals surface area contributed by atoms with E-state index in [-0.39, 0.29) is 12.0 Å². The lowest BCUT2D eigenvalue weighted by molar-refractivity contribution is -0.142. The number of carbonyl (C=O) groups is 2. The number of halogens is 1. The number of hydrogen-bond donors (Lipinski definition) is 1. The molecule has 1 rings (SSSR count). The van der Waals surface area contributed by atoms with Crippen molar-refractivity contribution < 1.29 is 23.5 Å². The zero-order chi connectivity index (χ0) is 13.7. The fourth-order valence-electron chi connectivity index (χ4n) is 1.49. The first-order chi connectivity index (χ1) is 8.47. The van der Waals surface area contributed by atoms with Crippen LogP contribution in [0.25, 0.3) is 0 Å². The van der Waals surface area contributed by atoms with Crippen LogP contribution < -0.4 is 5.73 Å². The maximum Gasteiger partial charge on any atom is 0.337 e. The largest absolute Gasteiger partial charge is 0.468 e. The van der Waals surface area contributed by atoms with E-state index in [2.05, 4.69) is 9.47 Å². The monoisotopic (exact) mass is 255 g/mol. The molecule has 0 fully saturated rings. The van der Waals surface area contributed by atoms with E-state index in [1.165, 1.54) is 26.4 Å². The molecule has 0 radical (unpaired) electrons. The van der Waals surface area contributed by atoms with Gasteiger partial charge in [-0.25, -0.2) is 9.18 Å². The van der Waals surface area contributed by atoms with Crippen LogP contribution in [0.1, 0.15) is 15.9 Å². The SMILES string of the molecule is COC(=O)c1cc(F)cc(C[C@H](N)C(=O)OC)c1. The fourth-order valence-corrected chi connectivity index (χ4v) is 1.49. The highest BCUT2D eigenvalue weighted by atomic mass is 19.1. The minimum Gasteiger partial charge on any atom is -0.468 e. The molecule has 18 heavy (non-hydrogen) atoms. The third-order valence-electron chi connectivity index (χ3n) is 2.34. The first kappa shape index (κ1) is 14.1. The first-order valence-corrected chi connectivity index (χ1v) is 5.19. The van der Waals surface area contributed by atoms with Crippen molar-refractivity contribution in [3.8, 4) is 0 Å². The maximum absolute atomic E-state index is 13.3. The molecule has 2 N–H and O–H groups in total. The normalized spacial score (nSPS) is 11.8. The molecule has 5 nitrogen and oxygen atoms in total. The zero-order valence-corrected chi connectivity index (χ0v) is 10.1. The second-order valence-electron chi connectivity index (χ2n) is 3.67. The van der Waals surface area contributed by atoms with E-state index in [1.54, 1.807) is 0 Å². The van der Waals surface area contributed by atoms with Crippen LogP contribution in [0, 0.1) is 5.82 Å². The van der Waals surface area contributed by atoms with Crippen LogP contribution in [0.15, 0.2) is 18.2 Å². The van der Waals surface area contributed by atoms with E-state index in [4.69, 9.17) is 5.73 Å². The van der Waals surface area contributed by atoms with Crippen LogP contribution in [0.2, 0.25) is 0 Å². The number of rotatable bonds is 4. The number of benzene rings is 1. The van der Waals surface area contributed by atoms with Crippen LogP contribution >= 0.6 is 0 Å². The molecule has 0 aliphatic rings. The molecular formula is C12H14FNO4. The molecule has 0 aliphatic heterocycles. The molecule has 98 valence electrons. The van der Waals surface area contributed by atoms with Crippen molar-refractivity contribution >= 4 is 11.9 Å². The average molecular weight is 255 g/mol. The van der Waals surface area contributed by atoms with E-state index in [0.717, 1.165) is 6.07 Å². The van der Waals surface area contributed by atoms with E-state index in [9.17, 15) is 14.0 Å². The number of nitrogens with two attached hydrogens (primary N) is 1. The van der Waals surface area contributed by atoms with Gasteiger partial charge in [-0.2, -0.15) is 0 Å². The topological polar surface area (TPSA) is 78.6 Å². The van der Waals surface area contributed by atoms with Crippen molar-refractivity contribution in [2.24, 2.45) is 5.73 Å². The lowest BCUT2D eigenvalue weighted by atomic mass is 10.0. The molecule has 6 heteroatoms. The van der Waals surface area contributed by atoms with Crippen LogP contribution in [0.3, 0.4) is 0 Å². The van der Waals surface area contributed by atoms with Crippen LogP contribution in [0.5, 0.6) is 0 Å². The fraction of sp³-hybridized carbons (Fsp3) is 0.333. The van der Waals surface area contributed by atoms with Gasteiger partial charge in [0, 0.05) is 0 Å². The summed E-state index contributed by atoms with van der Waals surface area (Å²) in [5.74, 6) is -1.84. The lowest BCUT2D eigenvalue weighted by Gasteiger charge is -2.10. The Kier molecular flexibility index (Phi) is 4.79. The molecule has 1 aromatic carbocycles. The Morgan fingerprint density at radius 2 is 1.94 bits per heavy atom. The van der Waals surface area contributed by atoms with E-state index in [1.807, 2.05) is 0 Å². The third kappa shape index (κ3) is 3.53. The van der Waals surface area contributed by atoms with Crippen LogP contribution in [0.4, 0.5) is 4.39 Å². The van der Waals surface area contributed by atoms with Gasteiger partial charge < -0.3 is 15.2 Å². The number of ether oxygens (including phenoxy) is 2. The van der Waals surface area contributed by atoms with Gasteiger partial charge in [0.1, 0.15) is 11.9 Å². The smallest absolute Gasteiger partial charge is 0.337 e. The van der Waals surface area contributed by atoms with Gasteiger partial charge in [0.05, 0.1) is 19.8 Å². The molecule has 0 heterocycles. The second kappa shape index (κ2) is 6.11. The highest BCUT2D eigenvalue weighted by Gasteiger charge is 2.16. The van der Waals surface area contributed by atoms with Gasteiger partial charge in [-0.3, -0.25) is 4.79 Å². The van der Waals surface area contributed by atoms with E-state index in [0.29, 0.717) is 5.56 Å². The predicted octanol–water partition coefficient (Wildman–Crippen LogP) is 0.655. The van der Waals surface area contributed by atoms with Gasteiger partial charge in [-0.05, 0) is 30.2 Å². The summed E-state index contributed by atoms with van der Waals surface area (Å²) in [7, 11) is 2.42. The van der Waals surface area contributed by atoms with Crippen molar-refractivity contribution in [2.45, 2.75) is 12.5 Å². The van der Waals surface area contributed by atoms with Crippen molar-refractivity contribution in [3.63, 3.8) is 0 Å². The Balaban J connectivity index is 2.93. The summed E-state index contributed by atoms with van der Waals surface area (Å²) in [6, 6.07) is 2.79. The molecular weight excluding hydrogens is 241 g/mol. The summed E-state index contributed by atoms with van der Waals surface area (Å²) < 4.78 is 22.2. The lowest BCUT2D eigenvalue weighted by Crippen LogP contribution is -2.33. The number of hydrogen-bond acceptors (Lipinski definition) is 5. The maximum atomic E-state index is 13.3. The summed E-state index contributed by atoms with van der Waals surface area (Å²) in [5, 5.41) is 0. The van der Waals surface area contributed by atoms with Crippen LogP contribution in [-0.4, -0.2) is 32.2 Å². The molecule has 1 atom stereocenters. The Morgan fingerprint density at radius 1 is 1.28 bits per heavy atom. The summed E-state index contributed by atoms with van der Waals surface area (Å²) >= 11 is 0. The standard InChI is InChI=1S/C12H14FNO4/c1-17-11(15)8-3-7(4-9(13)6-8)5-10(14)12(16)18-2/h3-4,6,10H,5,14H2,1-2H3/t10-/m0/s1. The molecule has 0 bridgehead atoms.